The first kappa shape index (κ1) is 17.0. The highest BCUT2D eigenvalue weighted by Crippen LogP contribution is 2.30. The summed E-state index contributed by atoms with van der Waals surface area (Å²) in [6, 6.07) is 12.4. The fourth-order valence-electron chi connectivity index (χ4n) is 2.52. The molecule has 1 unspecified atom stereocenters. The number of hydrogen-bond donors (Lipinski definition) is 1. The first-order valence-electron chi connectivity index (χ1n) is 7.55. The van der Waals surface area contributed by atoms with Crippen LogP contribution in [0, 0.1) is 12.7 Å². The third-order valence-electron chi connectivity index (χ3n) is 3.76. The molecule has 1 heterocycles. The second-order valence-electron chi connectivity index (χ2n) is 5.50. The van der Waals surface area contributed by atoms with Crippen molar-refractivity contribution >= 4 is 5.69 Å². The highest BCUT2D eigenvalue weighted by atomic mass is 19.3. The van der Waals surface area contributed by atoms with E-state index in [2.05, 4.69) is 10.4 Å². The average molecular weight is 349 g/mol. The molecule has 0 saturated heterocycles. The molecule has 130 valence electrons. The van der Waals surface area contributed by atoms with Crippen LogP contribution in [0.15, 0.2) is 54.7 Å². The van der Waals surface area contributed by atoms with Crippen molar-refractivity contribution < 1.29 is 17.6 Å². The normalized spacial score (nSPS) is 12.4. The quantitative estimate of drug-likeness (QED) is 0.489. The highest BCUT2D eigenvalue weighted by molar-refractivity contribution is 5.68. The summed E-state index contributed by atoms with van der Waals surface area (Å²) in [4.78, 5) is 0. The SMILES string of the molecule is Cc1nn(C(F)F)cc1-c1ccc(NC(F)c2ccccc2)cc1F. The molecule has 0 aliphatic rings. The molecule has 0 radical (unpaired) electrons. The van der Waals surface area contributed by atoms with Crippen LogP contribution in [0.3, 0.4) is 0 Å². The Bertz CT molecular complexity index is 862. The van der Waals surface area contributed by atoms with Crippen molar-refractivity contribution in [2.24, 2.45) is 0 Å². The van der Waals surface area contributed by atoms with Crippen LogP contribution in [0.1, 0.15) is 24.1 Å². The van der Waals surface area contributed by atoms with Gasteiger partial charge in [-0.1, -0.05) is 30.3 Å². The maximum atomic E-state index is 14.4. The van der Waals surface area contributed by atoms with Crippen LogP contribution in [-0.4, -0.2) is 9.78 Å². The van der Waals surface area contributed by atoms with Gasteiger partial charge in [-0.3, -0.25) is 0 Å². The minimum Gasteiger partial charge on any atom is -0.352 e. The molecule has 0 fully saturated rings. The summed E-state index contributed by atoms with van der Waals surface area (Å²) in [6.45, 7) is -1.28. The Balaban J connectivity index is 1.84. The Labute approximate surface area is 141 Å². The van der Waals surface area contributed by atoms with E-state index < -0.39 is 18.7 Å². The van der Waals surface area contributed by atoms with Gasteiger partial charge in [0, 0.05) is 28.6 Å². The predicted octanol–water partition coefficient (Wildman–Crippen LogP) is 5.47. The van der Waals surface area contributed by atoms with Gasteiger partial charge in [0.2, 0.25) is 0 Å². The molecule has 2 aromatic carbocycles. The number of alkyl halides is 3. The van der Waals surface area contributed by atoms with Crippen LogP contribution >= 0.6 is 0 Å². The summed E-state index contributed by atoms with van der Waals surface area (Å²) in [5.74, 6) is -0.651. The molecule has 1 aromatic heterocycles. The second-order valence-corrected chi connectivity index (χ2v) is 5.50. The third-order valence-corrected chi connectivity index (χ3v) is 3.76. The van der Waals surface area contributed by atoms with Gasteiger partial charge in [0.1, 0.15) is 5.82 Å². The highest BCUT2D eigenvalue weighted by Gasteiger charge is 2.16. The first-order valence-corrected chi connectivity index (χ1v) is 7.55. The van der Waals surface area contributed by atoms with Gasteiger partial charge < -0.3 is 5.32 Å². The monoisotopic (exact) mass is 349 g/mol. The molecule has 3 rings (SSSR count). The lowest BCUT2D eigenvalue weighted by atomic mass is 10.1. The number of nitrogens with zero attached hydrogens (tertiary/aromatic N) is 2. The van der Waals surface area contributed by atoms with E-state index in [0.717, 1.165) is 12.3 Å². The largest absolute Gasteiger partial charge is 0.352 e. The van der Waals surface area contributed by atoms with Crippen molar-refractivity contribution in [1.29, 1.82) is 0 Å². The molecule has 0 amide bonds. The summed E-state index contributed by atoms with van der Waals surface area (Å²) in [5.41, 5.74) is 1.35. The van der Waals surface area contributed by atoms with E-state index >= 15 is 0 Å². The lowest BCUT2D eigenvalue weighted by Gasteiger charge is -2.13. The van der Waals surface area contributed by atoms with Gasteiger partial charge in [-0.2, -0.15) is 13.9 Å². The summed E-state index contributed by atoms with van der Waals surface area (Å²) in [6.07, 6.45) is -0.400. The van der Waals surface area contributed by atoms with Gasteiger partial charge in [0.25, 0.3) is 0 Å². The van der Waals surface area contributed by atoms with Crippen molar-refractivity contribution in [1.82, 2.24) is 9.78 Å². The zero-order valence-electron chi connectivity index (χ0n) is 13.3. The number of aromatic nitrogens is 2. The van der Waals surface area contributed by atoms with Crippen LogP contribution in [0.2, 0.25) is 0 Å². The zero-order valence-corrected chi connectivity index (χ0v) is 13.3. The Kier molecular flexibility index (Phi) is 4.74. The predicted molar refractivity (Wildman–Crippen MR) is 87.5 cm³/mol. The molecular formula is C18H15F4N3. The van der Waals surface area contributed by atoms with Crippen molar-refractivity contribution in [3.63, 3.8) is 0 Å². The van der Waals surface area contributed by atoms with Gasteiger partial charge in [0.05, 0.1) is 5.69 Å². The second kappa shape index (κ2) is 6.96. The lowest BCUT2D eigenvalue weighted by Crippen LogP contribution is -2.05. The van der Waals surface area contributed by atoms with Crippen LogP contribution < -0.4 is 5.32 Å². The van der Waals surface area contributed by atoms with Crippen LogP contribution in [0.5, 0.6) is 0 Å². The maximum absolute atomic E-state index is 14.4. The summed E-state index contributed by atoms with van der Waals surface area (Å²) >= 11 is 0. The number of benzene rings is 2. The van der Waals surface area contributed by atoms with E-state index in [1.807, 2.05) is 0 Å². The molecule has 1 N–H and O–H groups in total. The summed E-state index contributed by atoms with van der Waals surface area (Å²) in [5, 5.41) is 6.23. The molecule has 7 heteroatoms. The molecular weight excluding hydrogens is 334 g/mol. The standard InChI is InChI=1S/C18H15F4N3/c1-11-15(10-25(24-11)18(21)22)14-8-7-13(9-16(14)19)23-17(20)12-5-3-2-4-6-12/h2-10,17-18,23H,1H3. The van der Waals surface area contributed by atoms with E-state index in [1.54, 1.807) is 30.3 Å². The molecule has 0 aliphatic heterocycles. The van der Waals surface area contributed by atoms with Gasteiger partial charge in [-0.05, 0) is 25.1 Å². The summed E-state index contributed by atoms with van der Waals surface area (Å²) < 4.78 is 54.5. The Morgan fingerprint density at radius 2 is 1.72 bits per heavy atom. The molecule has 0 spiro atoms. The zero-order chi connectivity index (χ0) is 18.0. The van der Waals surface area contributed by atoms with Gasteiger partial charge >= 0.3 is 6.55 Å². The van der Waals surface area contributed by atoms with Crippen LogP contribution in [0.25, 0.3) is 11.1 Å². The summed E-state index contributed by atoms with van der Waals surface area (Å²) in [7, 11) is 0. The van der Waals surface area contributed by atoms with Gasteiger partial charge in [0.15, 0.2) is 6.30 Å². The Hall–Kier alpha value is -2.83. The number of aryl methyl sites for hydroxylation is 1. The van der Waals surface area contributed by atoms with Crippen molar-refractivity contribution in [2.45, 2.75) is 19.8 Å². The Morgan fingerprint density at radius 1 is 1.00 bits per heavy atom. The van der Waals surface area contributed by atoms with E-state index in [0.29, 0.717) is 10.2 Å². The fraction of sp³-hybridized carbons (Fsp3) is 0.167. The minimum atomic E-state index is -2.80. The van der Waals surface area contributed by atoms with E-state index in [4.69, 9.17) is 0 Å². The first-order chi connectivity index (χ1) is 12.0. The molecule has 0 bridgehead atoms. The van der Waals surface area contributed by atoms with Crippen molar-refractivity contribution in [3.8, 4) is 11.1 Å². The van der Waals surface area contributed by atoms with Gasteiger partial charge in [-0.15, -0.1) is 0 Å². The fourth-order valence-corrected chi connectivity index (χ4v) is 2.52. The van der Waals surface area contributed by atoms with E-state index in [-0.39, 0.29) is 22.5 Å². The number of halogens is 4. The van der Waals surface area contributed by atoms with Gasteiger partial charge in [-0.25, -0.2) is 13.5 Å². The maximum Gasteiger partial charge on any atom is 0.333 e. The van der Waals surface area contributed by atoms with Crippen LogP contribution in [0.4, 0.5) is 23.2 Å². The number of rotatable bonds is 5. The van der Waals surface area contributed by atoms with Crippen molar-refractivity contribution in [3.05, 3.63) is 71.8 Å². The average Bonchev–Trinajstić information content (AvgIpc) is 2.98. The third kappa shape index (κ3) is 3.65. The van der Waals surface area contributed by atoms with Crippen LogP contribution in [-0.2, 0) is 0 Å². The number of nitrogens with one attached hydrogen (secondary N) is 1. The molecule has 1 atom stereocenters. The molecule has 0 aliphatic carbocycles. The number of anilines is 1. The number of hydrogen-bond acceptors (Lipinski definition) is 2. The molecule has 3 nitrogen and oxygen atoms in total. The molecule has 3 aromatic rings. The van der Waals surface area contributed by atoms with E-state index in [9.17, 15) is 17.6 Å². The minimum absolute atomic E-state index is 0.130. The molecule has 25 heavy (non-hydrogen) atoms. The Morgan fingerprint density at radius 3 is 2.32 bits per heavy atom. The molecule has 0 saturated carbocycles. The van der Waals surface area contributed by atoms with Crippen molar-refractivity contribution in [2.75, 3.05) is 5.32 Å². The topological polar surface area (TPSA) is 29.9 Å². The smallest absolute Gasteiger partial charge is 0.333 e. The van der Waals surface area contributed by atoms with E-state index in [1.165, 1.54) is 19.1 Å². The lowest BCUT2D eigenvalue weighted by molar-refractivity contribution is 0.0563.